The standard InChI is InChI=1S/C11H8BrClN2OS/c12-9-3-2-8(17-9)5-11(16)15-10-4-1-7(13)6-14-10/h1-4,6H,5H2,(H,14,15,16). The number of amides is 1. The number of pyridine rings is 1. The Hall–Kier alpha value is -0.910. The van der Waals surface area contributed by atoms with Gasteiger partial charge in [0.25, 0.3) is 0 Å². The third-order valence-corrected chi connectivity index (χ3v) is 3.81. The van der Waals surface area contributed by atoms with Crippen LogP contribution in [0.4, 0.5) is 5.82 Å². The number of aromatic nitrogens is 1. The monoisotopic (exact) mass is 330 g/mol. The van der Waals surface area contributed by atoms with Gasteiger partial charge in [0.1, 0.15) is 5.82 Å². The van der Waals surface area contributed by atoms with Crippen molar-refractivity contribution in [2.24, 2.45) is 0 Å². The van der Waals surface area contributed by atoms with E-state index in [1.165, 1.54) is 6.20 Å². The number of hydrogen-bond donors (Lipinski definition) is 1. The molecule has 0 aliphatic heterocycles. The van der Waals surface area contributed by atoms with E-state index in [4.69, 9.17) is 11.6 Å². The number of carbonyl (C=O) groups excluding carboxylic acids is 1. The lowest BCUT2D eigenvalue weighted by Crippen LogP contribution is -2.14. The summed E-state index contributed by atoms with van der Waals surface area (Å²) in [6.07, 6.45) is 1.85. The smallest absolute Gasteiger partial charge is 0.230 e. The van der Waals surface area contributed by atoms with E-state index in [0.29, 0.717) is 17.3 Å². The summed E-state index contributed by atoms with van der Waals surface area (Å²) in [4.78, 5) is 16.7. The molecule has 1 N–H and O–H groups in total. The van der Waals surface area contributed by atoms with Crippen molar-refractivity contribution in [2.75, 3.05) is 5.32 Å². The third kappa shape index (κ3) is 3.80. The summed E-state index contributed by atoms with van der Waals surface area (Å²) in [5.41, 5.74) is 0. The number of carbonyl (C=O) groups is 1. The molecular weight excluding hydrogens is 324 g/mol. The Bertz CT molecular complexity index is 527. The molecule has 1 amide bonds. The summed E-state index contributed by atoms with van der Waals surface area (Å²) in [6.45, 7) is 0. The van der Waals surface area contributed by atoms with E-state index < -0.39 is 0 Å². The lowest BCUT2D eigenvalue weighted by Gasteiger charge is -2.02. The van der Waals surface area contributed by atoms with Crippen LogP contribution in [0.1, 0.15) is 4.88 Å². The number of hydrogen-bond acceptors (Lipinski definition) is 3. The quantitative estimate of drug-likeness (QED) is 0.931. The fourth-order valence-electron chi connectivity index (χ4n) is 1.24. The van der Waals surface area contributed by atoms with Gasteiger partial charge in [0.05, 0.1) is 15.2 Å². The molecule has 3 nitrogen and oxygen atoms in total. The molecule has 0 fully saturated rings. The molecule has 0 bridgehead atoms. The second kappa shape index (κ2) is 5.62. The SMILES string of the molecule is O=C(Cc1ccc(Br)s1)Nc1ccc(Cl)cn1. The Morgan fingerprint density at radius 3 is 2.82 bits per heavy atom. The number of halogens is 2. The molecule has 2 rings (SSSR count). The number of nitrogens with zero attached hydrogens (tertiary/aromatic N) is 1. The fraction of sp³-hybridized carbons (Fsp3) is 0.0909. The largest absolute Gasteiger partial charge is 0.310 e. The van der Waals surface area contributed by atoms with Gasteiger partial charge in [0.15, 0.2) is 0 Å². The van der Waals surface area contributed by atoms with Crippen molar-refractivity contribution < 1.29 is 4.79 Å². The Morgan fingerprint density at radius 1 is 1.41 bits per heavy atom. The predicted octanol–water partition coefficient (Wildman–Crippen LogP) is 3.74. The maximum Gasteiger partial charge on any atom is 0.230 e. The number of rotatable bonds is 3. The molecule has 0 saturated carbocycles. The van der Waals surface area contributed by atoms with Crippen molar-refractivity contribution in [3.05, 3.63) is 44.1 Å². The minimum Gasteiger partial charge on any atom is -0.310 e. The van der Waals surface area contributed by atoms with E-state index in [-0.39, 0.29) is 5.91 Å². The van der Waals surface area contributed by atoms with Gasteiger partial charge < -0.3 is 5.32 Å². The van der Waals surface area contributed by atoms with Gasteiger partial charge in [-0.05, 0) is 40.2 Å². The van der Waals surface area contributed by atoms with E-state index in [1.807, 2.05) is 12.1 Å². The van der Waals surface area contributed by atoms with E-state index in [0.717, 1.165) is 8.66 Å². The van der Waals surface area contributed by atoms with Crippen LogP contribution < -0.4 is 5.32 Å². The lowest BCUT2D eigenvalue weighted by molar-refractivity contribution is -0.115. The highest BCUT2D eigenvalue weighted by Crippen LogP contribution is 2.22. The molecule has 88 valence electrons. The molecule has 2 aromatic rings. The van der Waals surface area contributed by atoms with Crippen molar-refractivity contribution in [2.45, 2.75) is 6.42 Å². The first-order valence-corrected chi connectivity index (χ1v) is 6.78. The first kappa shape index (κ1) is 12.5. The van der Waals surface area contributed by atoms with E-state index in [9.17, 15) is 4.79 Å². The summed E-state index contributed by atoms with van der Waals surface area (Å²) in [5.74, 6) is 0.421. The van der Waals surface area contributed by atoms with Gasteiger partial charge in [0.2, 0.25) is 5.91 Å². The minimum atomic E-state index is -0.0887. The maximum absolute atomic E-state index is 11.7. The van der Waals surface area contributed by atoms with Gasteiger partial charge in [0, 0.05) is 11.1 Å². The second-order valence-electron chi connectivity index (χ2n) is 3.29. The molecule has 0 saturated heterocycles. The number of anilines is 1. The van der Waals surface area contributed by atoms with Crippen molar-refractivity contribution in [3.8, 4) is 0 Å². The molecule has 2 heterocycles. The van der Waals surface area contributed by atoms with Gasteiger partial charge in [-0.2, -0.15) is 0 Å². The Balaban J connectivity index is 1.95. The Labute approximate surface area is 116 Å². The van der Waals surface area contributed by atoms with Crippen molar-refractivity contribution in [3.63, 3.8) is 0 Å². The van der Waals surface area contributed by atoms with Crippen LogP contribution in [-0.2, 0) is 11.2 Å². The lowest BCUT2D eigenvalue weighted by atomic mass is 10.3. The molecule has 0 unspecified atom stereocenters. The summed E-state index contributed by atoms with van der Waals surface area (Å²) >= 11 is 10.6. The molecule has 2 aromatic heterocycles. The van der Waals surface area contributed by atoms with Gasteiger partial charge in [-0.25, -0.2) is 4.98 Å². The Morgan fingerprint density at radius 2 is 2.24 bits per heavy atom. The Kier molecular flexibility index (Phi) is 4.15. The van der Waals surface area contributed by atoms with Crippen LogP contribution in [0.3, 0.4) is 0 Å². The van der Waals surface area contributed by atoms with Gasteiger partial charge in [-0.15, -0.1) is 11.3 Å². The summed E-state index contributed by atoms with van der Waals surface area (Å²) in [5, 5.41) is 3.26. The fourth-order valence-corrected chi connectivity index (χ4v) is 2.84. The molecule has 0 atom stereocenters. The van der Waals surface area contributed by atoms with Crippen LogP contribution >= 0.6 is 38.9 Å². The number of thiophene rings is 1. The van der Waals surface area contributed by atoms with E-state index >= 15 is 0 Å². The summed E-state index contributed by atoms with van der Waals surface area (Å²) in [6, 6.07) is 7.20. The maximum atomic E-state index is 11.7. The molecule has 0 aliphatic carbocycles. The molecular formula is C11H8BrClN2OS. The topological polar surface area (TPSA) is 42.0 Å². The normalized spacial score (nSPS) is 10.2. The highest BCUT2D eigenvalue weighted by Gasteiger charge is 2.06. The predicted molar refractivity (Wildman–Crippen MR) is 73.6 cm³/mol. The molecule has 0 aliphatic rings. The zero-order valence-corrected chi connectivity index (χ0v) is 11.8. The van der Waals surface area contributed by atoms with Gasteiger partial charge >= 0.3 is 0 Å². The summed E-state index contributed by atoms with van der Waals surface area (Å²) < 4.78 is 1.02. The van der Waals surface area contributed by atoms with Crippen LogP contribution in [0.2, 0.25) is 5.02 Å². The van der Waals surface area contributed by atoms with Crippen LogP contribution in [0.5, 0.6) is 0 Å². The van der Waals surface area contributed by atoms with Crippen LogP contribution in [0.15, 0.2) is 34.2 Å². The van der Waals surface area contributed by atoms with Crippen LogP contribution in [0.25, 0.3) is 0 Å². The first-order valence-electron chi connectivity index (χ1n) is 4.79. The molecule has 0 radical (unpaired) electrons. The highest BCUT2D eigenvalue weighted by molar-refractivity contribution is 9.11. The van der Waals surface area contributed by atoms with Gasteiger partial charge in [-0.3, -0.25) is 4.79 Å². The van der Waals surface area contributed by atoms with Crippen molar-refractivity contribution >= 4 is 50.6 Å². The van der Waals surface area contributed by atoms with Gasteiger partial charge in [-0.1, -0.05) is 11.6 Å². The van der Waals surface area contributed by atoms with E-state index in [1.54, 1.807) is 23.5 Å². The second-order valence-corrected chi connectivity index (χ2v) is 6.28. The molecule has 0 spiro atoms. The first-order chi connectivity index (χ1) is 8.13. The van der Waals surface area contributed by atoms with E-state index in [2.05, 4.69) is 26.2 Å². The number of nitrogens with one attached hydrogen (secondary N) is 1. The average Bonchev–Trinajstić information content (AvgIpc) is 2.67. The minimum absolute atomic E-state index is 0.0887. The third-order valence-electron chi connectivity index (χ3n) is 1.96. The van der Waals surface area contributed by atoms with Crippen molar-refractivity contribution in [1.82, 2.24) is 4.98 Å². The van der Waals surface area contributed by atoms with Crippen molar-refractivity contribution in [1.29, 1.82) is 0 Å². The zero-order valence-electron chi connectivity index (χ0n) is 8.61. The molecule has 0 aromatic carbocycles. The molecule has 6 heteroatoms. The average molecular weight is 332 g/mol. The van der Waals surface area contributed by atoms with Crippen LogP contribution in [0, 0.1) is 0 Å². The van der Waals surface area contributed by atoms with Crippen LogP contribution in [-0.4, -0.2) is 10.9 Å². The molecule has 17 heavy (non-hydrogen) atoms. The zero-order chi connectivity index (χ0) is 12.3. The highest BCUT2D eigenvalue weighted by atomic mass is 79.9. The summed E-state index contributed by atoms with van der Waals surface area (Å²) in [7, 11) is 0.